The van der Waals surface area contributed by atoms with Gasteiger partial charge in [-0.05, 0) is 11.6 Å². The molecule has 0 saturated carbocycles. The molecule has 0 amide bonds. The highest BCUT2D eigenvalue weighted by Gasteiger charge is 2.22. The number of aromatic nitrogens is 3. The molecule has 0 spiro atoms. The van der Waals surface area contributed by atoms with Crippen molar-refractivity contribution in [3.05, 3.63) is 70.3 Å². The third kappa shape index (κ3) is 2.85. The Bertz CT molecular complexity index is 1000. The molecule has 1 aromatic carbocycles. The maximum absolute atomic E-state index is 12.2. The molecule has 3 heterocycles. The van der Waals surface area contributed by atoms with Gasteiger partial charge in [-0.15, -0.1) is 6.58 Å². The third-order valence-electron chi connectivity index (χ3n) is 4.76. The number of anilines is 1. The Balaban J connectivity index is 1.64. The van der Waals surface area contributed by atoms with Gasteiger partial charge in [-0.1, -0.05) is 24.3 Å². The topological polar surface area (TPSA) is 79.9 Å². The summed E-state index contributed by atoms with van der Waals surface area (Å²) in [6.07, 6.45) is 4.84. The Morgan fingerprint density at radius 1 is 1.36 bits per heavy atom. The zero-order chi connectivity index (χ0) is 17.4. The molecule has 25 heavy (non-hydrogen) atoms. The van der Waals surface area contributed by atoms with Crippen molar-refractivity contribution >= 4 is 16.9 Å². The number of fused-ring (bicyclic) bond motifs is 2. The van der Waals surface area contributed by atoms with E-state index in [0.717, 1.165) is 37.3 Å². The molecule has 3 aromatic rings. The van der Waals surface area contributed by atoms with Crippen molar-refractivity contribution in [2.75, 3.05) is 12.3 Å². The summed E-state index contributed by atoms with van der Waals surface area (Å²) in [5, 5.41) is 1.25. The van der Waals surface area contributed by atoms with Gasteiger partial charge in [0, 0.05) is 49.7 Å². The van der Waals surface area contributed by atoms with Crippen LogP contribution in [0.2, 0.25) is 0 Å². The summed E-state index contributed by atoms with van der Waals surface area (Å²) >= 11 is 0. The van der Waals surface area contributed by atoms with Crippen molar-refractivity contribution in [3.63, 3.8) is 0 Å². The van der Waals surface area contributed by atoms with Crippen molar-refractivity contribution in [2.45, 2.75) is 26.1 Å². The summed E-state index contributed by atoms with van der Waals surface area (Å²) in [5.74, 6) is 0.199. The van der Waals surface area contributed by atoms with E-state index in [4.69, 9.17) is 5.73 Å². The highest BCUT2D eigenvalue weighted by atomic mass is 16.1. The number of hydrogen-bond donors (Lipinski definition) is 2. The summed E-state index contributed by atoms with van der Waals surface area (Å²) in [5.41, 5.74) is 9.55. The largest absolute Gasteiger partial charge is 0.369 e. The van der Waals surface area contributed by atoms with Crippen molar-refractivity contribution in [3.8, 4) is 0 Å². The number of nitrogen functional groups attached to an aromatic ring is 1. The van der Waals surface area contributed by atoms with Crippen LogP contribution >= 0.6 is 0 Å². The first-order valence-corrected chi connectivity index (χ1v) is 8.43. The van der Waals surface area contributed by atoms with Gasteiger partial charge in [-0.3, -0.25) is 14.7 Å². The molecule has 3 N–H and O–H groups in total. The zero-order valence-electron chi connectivity index (χ0n) is 14.0. The van der Waals surface area contributed by atoms with Crippen molar-refractivity contribution in [1.82, 2.24) is 19.4 Å². The Morgan fingerprint density at radius 2 is 2.20 bits per heavy atom. The predicted octanol–water partition coefficient (Wildman–Crippen LogP) is 2.05. The lowest BCUT2D eigenvalue weighted by Gasteiger charge is -2.27. The molecule has 0 atom stereocenters. The molecule has 0 fully saturated rings. The molecule has 6 nitrogen and oxygen atoms in total. The average molecular weight is 335 g/mol. The van der Waals surface area contributed by atoms with Crippen LogP contribution in [0, 0.1) is 0 Å². The van der Waals surface area contributed by atoms with E-state index in [1.807, 2.05) is 6.08 Å². The highest BCUT2D eigenvalue weighted by molar-refractivity contribution is 5.84. The summed E-state index contributed by atoms with van der Waals surface area (Å²) in [6.45, 7) is 6.89. The molecule has 2 aromatic heterocycles. The minimum atomic E-state index is -0.124. The molecular formula is C19H21N5O. The predicted molar refractivity (Wildman–Crippen MR) is 99.2 cm³/mol. The number of nitrogens with one attached hydrogen (secondary N) is 1. The van der Waals surface area contributed by atoms with Crippen LogP contribution in [0.3, 0.4) is 0 Å². The van der Waals surface area contributed by atoms with Gasteiger partial charge in [-0.25, -0.2) is 4.98 Å². The number of allylic oxidation sites excluding steroid dienone is 1. The number of rotatable bonds is 4. The molecule has 1 aliphatic heterocycles. The van der Waals surface area contributed by atoms with E-state index < -0.39 is 0 Å². The Kier molecular flexibility index (Phi) is 3.89. The van der Waals surface area contributed by atoms with E-state index in [-0.39, 0.29) is 11.5 Å². The molecule has 1 aliphatic rings. The summed E-state index contributed by atoms with van der Waals surface area (Å²) < 4.78 is 2.21. The van der Waals surface area contributed by atoms with Crippen LogP contribution in [-0.2, 0) is 26.1 Å². The number of para-hydroxylation sites is 1. The molecule has 0 aliphatic carbocycles. The van der Waals surface area contributed by atoms with Gasteiger partial charge < -0.3 is 10.3 Å². The molecule has 128 valence electrons. The highest BCUT2D eigenvalue weighted by Crippen LogP contribution is 2.24. The quantitative estimate of drug-likeness (QED) is 0.715. The van der Waals surface area contributed by atoms with E-state index >= 15 is 0 Å². The Morgan fingerprint density at radius 3 is 3.04 bits per heavy atom. The van der Waals surface area contributed by atoms with Crippen LogP contribution < -0.4 is 11.3 Å². The first kappa shape index (κ1) is 15.7. The maximum atomic E-state index is 12.2. The van der Waals surface area contributed by atoms with Gasteiger partial charge in [0.2, 0.25) is 5.95 Å². The number of aromatic amines is 1. The SMILES string of the molecule is C=CCn1cc(CN2CCc3nc(N)[nH]c(=O)c3C2)c2ccccc21. The van der Waals surface area contributed by atoms with Crippen molar-refractivity contribution < 1.29 is 0 Å². The van der Waals surface area contributed by atoms with E-state index in [2.05, 4.69) is 56.5 Å². The van der Waals surface area contributed by atoms with E-state index in [1.165, 1.54) is 16.5 Å². The zero-order valence-corrected chi connectivity index (χ0v) is 14.0. The first-order valence-electron chi connectivity index (χ1n) is 8.43. The van der Waals surface area contributed by atoms with Gasteiger partial charge in [0.1, 0.15) is 0 Å². The molecule has 6 heteroatoms. The van der Waals surface area contributed by atoms with Gasteiger partial charge >= 0.3 is 0 Å². The third-order valence-corrected chi connectivity index (χ3v) is 4.76. The second-order valence-electron chi connectivity index (χ2n) is 6.45. The molecule has 4 rings (SSSR count). The van der Waals surface area contributed by atoms with Crippen LogP contribution in [0.1, 0.15) is 16.8 Å². The van der Waals surface area contributed by atoms with E-state index in [1.54, 1.807) is 0 Å². The van der Waals surface area contributed by atoms with Gasteiger partial charge in [0.25, 0.3) is 5.56 Å². The fourth-order valence-electron chi connectivity index (χ4n) is 3.61. The summed E-state index contributed by atoms with van der Waals surface area (Å²) in [6, 6.07) is 8.40. The molecule has 0 radical (unpaired) electrons. The lowest BCUT2D eigenvalue weighted by atomic mass is 10.1. The van der Waals surface area contributed by atoms with Crippen LogP contribution in [0.5, 0.6) is 0 Å². The summed E-state index contributed by atoms with van der Waals surface area (Å²) in [4.78, 5) is 21.3. The minimum Gasteiger partial charge on any atom is -0.369 e. The average Bonchev–Trinajstić information content (AvgIpc) is 2.94. The van der Waals surface area contributed by atoms with Gasteiger partial charge in [0.05, 0.1) is 11.3 Å². The minimum absolute atomic E-state index is 0.124. The standard InChI is InChI=1S/C19H21N5O/c1-2-8-24-11-13(14-5-3-4-6-17(14)24)10-23-9-7-16-15(12-23)18(25)22-19(20)21-16/h2-6,11H,1,7-10,12H2,(H3,20,21,22,25). The van der Waals surface area contributed by atoms with Crippen LogP contribution in [-0.4, -0.2) is 26.0 Å². The maximum Gasteiger partial charge on any atom is 0.257 e. The van der Waals surface area contributed by atoms with E-state index in [0.29, 0.717) is 6.54 Å². The molecule has 0 bridgehead atoms. The van der Waals surface area contributed by atoms with E-state index in [9.17, 15) is 4.79 Å². The normalized spacial score (nSPS) is 14.6. The molecule has 0 unspecified atom stereocenters. The molecular weight excluding hydrogens is 314 g/mol. The molecule has 0 saturated heterocycles. The smallest absolute Gasteiger partial charge is 0.257 e. The number of benzene rings is 1. The second kappa shape index (κ2) is 6.22. The van der Waals surface area contributed by atoms with Crippen LogP contribution in [0.25, 0.3) is 10.9 Å². The fourth-order valence-corrected chi connectivity index (χ4v) is 3.61. The summed E-state index contributed by atoms with van der Waals surface area (Å²) in [7, 11) is 0. The number of hydrogen-bond acceptors (Lipinski definition) is 4. The van der Waals surface area contributed by atoms with Gasteiger partial charge in [0.15, 0.2) is 0 Å². The number of H-pyrrole nitrogens is 1. The lowest BCUT2D eigenvalue weighted by Crippen LogP contribution is -2.35. The monoisotopic (exact) mass is 335 g/mol. The lowest BCUT2D eigenvalue weighted by molar-refractivity contribution is 0.242. The van der Waals surface area contributed by atoms with Gasteiger partial charge in [-0.2, -0.15) is 0 Å². The Labute approximate surface area is 145 Å². The van der Waals surface area contributed by atoms with Crippen molar-refractivity contribution in [1.29, 1.82) is 0 Å². The van der Waals surface area contributed by atoms with Crippen LogP contribution in [0.15, 0.2) is 47.9 Å². The first-order chi connectivity index (χ1) is 12.2. The van der Waals surface area contributed by atoms with Crippen molar-refractivity contribution in [2.24, 2.45) is 0 Å². The van der Waals surface area contributed by atoms with Crippen LogP contribution in [0.4, 0.5) is 5.95 Å². The fraction of sp³-hybridized carbons (Fsp3) is 0.263. The number of nitrogens with two attached hydrogens (primary N) is 1. The second-order valence-corrected chi connectivity index (χ2v) is 6.45. The number of nitrogens with zero attached hydrogens (tertiary/aromatic N) is 3. The Hall–Kier alpha value is -2.86.